The number of nitrogens with two attached hydrogens (primary N) is 1. The van der Waals surface area contributed by atoms with Crippen molar-refractivity contribution in [2.45, 2.75) is 39.8 Å². The SMILES string of the molecule is CCOC(C(C)C)C(N)c1cccc(C)c1. The van der Waals surface area contributed by atoms with Gasteiger partial charge < -0.3 is 10.5 Å². The molecule has 0 aromatic heterocycles. The lowest BCUT2D eigenvalue weighted by Gasteiger charge is -2.27. The number of rotatable bonds is 5. The zero-order valence-electron chi connectivity index (χ0n) is 10.7. The van der Waals surface area contributed by atoms with Crippen LogP contribution in [0.25, 0.3) is 0 Å². The maximum Gasteiger partial charge on any atom is 0.0790 e. The maximum atomic E-state index is 6.27. The molecule has 0 spiro atoms. The molecule has 1 aromatic rings. The third-order valence-electron chi connectivity index (χ3n) is 2.80. The molecule has 0 aliphatic rings. The first-order valence-electron chi connectivity index (χ1n) is 6.00. The van der Waals surface area contributed by atoms with Gasteiger partial charge in [0.1, 0.15) is 0 Å². The van der Waals surface area contributed by atoms with E-state index in [-0.39, 0.29) is 12.1 Å². The first kappa shape index (κ1) is 13.2. The van der Waals surface area contributed by atoms with Crippen LogP contribution in [0.2, 0.25) is 0 Å². The van der Waals surface area contributed by atoms with Crippen LogP contribution < -0.4 is 5.73 Å². The number of ether oxygens (including phenoxy) is 1. The Balaban J connectivity index is 2.85. The standard InChI is InChI=1S/C14H23NO/c1-5-16-14(10(2)3)13(15)12-8-6-7-11(4)9-12/h6-10,13-14H,5,15H2,1-4H3. The van der Waals surface area contributed by atoms with E-state index in [1.165, 1.54) is 5.56 Å². The maximum absolute atomic E-state index is 6.27. The van der Waals surface area contributed by atoms with Gasteiger partial charge in [-0.2, -0.15) is 0 Å². The summed E-state index contributed by atoms with van der Waals surface area (Å²) < 4.78 is 5.73. The monoisotopic (exact) mass is 221 g/mol. The summed E-state index contributed by atoms with van der Waals surface area (Å²) in [7, 11) is 0. The Bertz CT molecular complexity index is 322. The number of hydrogen-bond donors (Lipinski definition) is 1. The molecule has 0 saturated carbocycles. The molecular weight excluding hydrogens is 198 g/mol. The molecular formula is C14H23NO. The Kier molecular flexibility index (Phi) is 4.97. The predicted octanol–water partition coefficient (Wildman–Crippen LogP) is 3.06. The largest absolute Gasteiger partial charge is 0.376 e. The summed E-state index contributed by atoms with van der Waals surface area (Å²) in [5, 5.41) is 0. The van der Waals surface area contributed by atoms with Crippen molar-refractivity contribution in [2.24, 2.45) is 11.7 Å². The van der Waals surface area contributed by atoms with Crippen LogP contribution in [-0.2, 0) is 4.74 Å². The molecule has 0 saturated heterocycles. The molecule has 16 heavy (non-hydrogen) atoms. The Morgan fingerprint density at radius 3 is 2.50 bits per heavy atom. The van der Waals surface area contributed by atoms with Gasteiger partial charge in [0.05, 0.1) is 12.1 Å². The quantitative estimate of drug-likeness (QED) is 0.829. The van der Waals surface area contributed by atoms with Crippen LogP contribution in [0.5, 0.6) is 0 Å². The summed E-state index contributed by atoms with van der Waals surface area (Å²) in [6, 6.07) is 8.31. The Labute approximate surface area is 98.8 Å². The summed E-state index contributed by atoms with van der Waals surface area (Å²) in [5.74, 6) is 0.426. The molecule has 0 aliphatic carbocycles. The predicted molar refractivity (Wildman–Crippen MR) is 68.4 cm³/mol. The van der Waals surface area contributed by atoms with Gasteiger partial charge in [-0.25, -0.2) is 0 Å². The van der Waals surface area contributed by atoms with E-state index in [0.29, 0.717) is 12.5 Å². The van der Waals surface area contributed by atoms with Crippen molar-refractivity contribution in [3.8, 4) is 0 Å². The van der Waals surface area contributed by atoms with Gasteiger partial charge in [0, 0.05) is 6.61 Å². The van der Waals surface area contributed by atoms with Gasteiger partial charge in [0.2, 0.25) is 0 Å². The number of hydrogen-bond acceptors (Lipinski definition) is 2. The minimum Gasteiger partial charge on any atom is -0.376 e. The summed E-state index contributed by atoms with van der Waals surface area (Å²) in [6.45, 7) is 9.11. The van der Waals surface area contributed by atoms with E-state index in [9.17, 15) is 0 Å². The zero-order valence-corrected chi connectivity index (χ0v) is 10.7. The van der Waals surface area contributed by atoms with Gasteiger partial charge in [-0.1, -0.05) is 43.7 Å². The number of benzene rings is 1. The lowest BCUT2D eigenvalue weighted by atomic mass is 9.93. The molecule has 0 aliphatic heterocycles. The van der Waals surface area contributed by atoms with E-state index in [4.69, 9.17) is 10.5 Å². The third-order valence-corrected chi connectivity index (χ3v) is 2.80. The molecule has 90 valence electrons. The van der Waals surface area contributed by atoms with E-state index >= 15 is 0 Å². The Morgan fingerprint density at radius 2 is 2.00 bits per heavy atom. The fourth-order valence-corrected chi connectivity index (χ4v) is 1.97. The van der Waals surface area contributed by atoms with Crippen LogP contribution >= 0.6 is 0 Å². The third kappa shape index (κ3) is 3.32. The lowest BCUT2D eigenvalue weighted by molar-refractivity contribution is 0.0121. The van der Waals surface area contributed by atoms with Crippen molar-refractivity contribution in [1.82, 2.24) is 0 Å². The molecule has 0 radical (unpaired) electrons. The lowest BCUT2D eigenvalue weighted by Crippen LogP contribution is -2.33. The van der Waals surface area contributed by atoms with Crippen LogP contribution in [-0.4, -0.2) is 12.7 Å². The van der Waals surface area contributed by atoms with E-state index in [1.807, 2.05) is 13.0 Å². The van der Waals surface area contributed by atoms with Crippen LogP contribution in [0.3, 0.4) is 0 Å². The first-order chi connectivity index (χ1) is 7.56. The van der Waals surface area contributed by atoms with Gasteiger partial charge in [0.25, 0.3) is 0 Å². The molecule has 0 heterocycles. The van der Waals surface area contributed by atoms with E-state index < -0.39 is 0 Å². The smallest absolute Gasteiger partial charge is 0.0790 e. The first-order valence-corrected chi connectivity index (χ1v) is 6.00. The minimum absolute atomic E-state index is 0.0418. The highest BCUT2D eigenvalue weighted by atomic mass is 16.5. The van der Waals surface area contributed by atoms with E-state index in [2.05, 4.69) is 39.0 Å². The molecule has 0 amide bonds. The Hall–Kier alpha value is -0.860. The average molecular weight is 221 g/mol. The van der Waals surface area contributed by atoms with Crippen molar-refractivity contribution >= 4 is 0 Å². The van der Waals surface area contributed by atoms with Crippen LogP contribution in [0.4, 0.5) is 0 Å². The summed E-state index contributed by atoms with van der Waals surface area (Å²) in [4.78, 5) is 0. The molecule has 2 atom stereocenters. The molecule has 1 rings (SSSR count). The van der Waals surface area contributed by atoms with Crippen LogP contribution in [0.15, 0.2) is 24.3 Å². The van der Waals surface area contributed by atoms with E-state index in [1.54, 1.807) is 0 Å². The van der Waals surface area contributed by atoms with E-state index in [0.717, 1.165) is 5.56 Å². The fraction of sp³-hybridized carbons (Fsp3) is 0.571. The van der Waals surface area contributed by atoms with Gasteiger partial charge in [-0.05, 0) is 25.3 Å². The van der Waals surface area contributed by atoms with Gasteiger partial charge >= 0.3 is 0 Å². The molecule has 2 nitrogen and oxygen atoms in total. The molecule has 0 fully saturated rings. The molecule has 1 aromatic carbocycles. The second-order valence-electron chi connectivity index (χ2n) is 4.60. The van der Waals surface area contributed by atoms with Crippen molar-refractivity contribution in [3.05, 3.63) is 35.4 Å². The summed E-state index contributed by atoms with van der Waals surface area (Å²) in [6.07, 6.45) is 0.0896. The normalized spacial score (nSPS) is 15.1. The highest BCUT2D eigenvalue weighted by molar-refractivity contribution is 5.25. The Morgan fingerprint density at radius 1 is 1.31 bits per heavy atom. The highest BCUT2D eigenvalue weighted by Crippen LogP contribution is 2.23. The summed E-state index contributed by atoms with van der Waals surface area (Å²) in [5.41, 5.74) is 8.67. The second-order valence-corrected chi connectivity index (χ2v) is 4.60. The fourth-order valence-electron chi connectivity index (χ4n) is 1.97. The molecule has 0 bridgehead atoms. The average Bonchev–Trinajstić information content (AvgIpc) is 2.24. The molecule has 2 N–H and O–H groups in total. The van der Waals surface area contributed by atoms with Crippen molar-refractivity contribution in [1.29, 1.82) is 0 Å². The van der Waals surface area contributed by atoms with Gasteiger partial charge in [-0.3, -0.25) is 0 Å². The zero-order chi connectivity index (χ0) is 12.1. The molecule has 2 unspecified atom stereocenters. The minimum atomic E-state index is -0.0418. The van der Waals surface area contributed by atoms with Gasteiger partial charge in [0.15, 0.2) is 0 Å². The van der Waals surface area contributed by atoms with Crippen molar-refractivity contribution in [2.75, 3.05) is 6.61 Å². The van der Waals surface area contributed by atoms with Crippen LogP contribution in [0.1, 0.15) is 37.9 Å². The summed E-state index contributed by atoms with van der Waals surface area (Å²) >= 11 is 0. The highest BCUT2D eigenvalue weighted by Gasteiger charge is 2.22. The van der Waals surface area contributed by atoms with Gasteiger partial charge in [-0.15, -0.1) is 0 Å². The molecule has 2 heteroatoms. The topological polar surface area (TPSA) is 35.2 Å². The van der Waals surface area contributed by atoms with Crippen LogP contribution in [0, 0.1) is 12.8 Å². The second kappa shape index (κ2) is 6.02. The van der Waals surface area contributed by atoms with Crippen molar-refractivity contribution < 1.29 is 4.74 Å². The van der Waals surface area contributed by atoms with Crippen molar-refractivity contribution in [3.63, 3.8) is 0 Å². The number of aryl methyl sites for hydroxylation is 1.